The Morgan fingerprint density at radius 3 is 2.62 bits per heavy atom. The van der Waals surface area contributed by atoms with Crippen LogP contribution in [-0.2, 0) is 17.9 Å². The first kappa shape index (κ1) is 16.9. The van der Waals surface area contributed by atoms with Gasteiger partial charge in [-0.3, -0.25) is 9.79 Å². The number of nitrogens with zero attached hydrogens (tertiary/aromatic N) is 2. The first-order valence-corrected chi connectivity index (χ1v) is 8.78. The third kappa shape index (κ3) is 3.02. The van der Waals surface area contributed by atoms with Crippen molar-refractivity contribution in [3.8, 4) is 11.1 Å². The van der Waals surface area contributed by atoms with Crippen molar-refractivity contribution in [1.82, 2.24) is 4.57 Å². The van der Waals surface area contributed by atoms with Gasteiger partial charge >= 0.3 is 5.97 Å². The molecule has 0 aliphatic carbocycles. The largest absolute Gasteiger partial charge is 0.480 e. The number of carboxylic acid groups (broad SMARTS) is 1. The van der Waals surface area contributed by atoms with Crippen LogP contribution in [0, 0.1) is 0 Å². The minimum absolute atomic E-state index is 0.0863. The maximum absolute atomic E-state index is 11.0. The third-order valence-corrected chi connectivity index (χ3v) is 4.91. The standard InChI is InChI=1S/C20H14Cl2N2O2/c21-13-5-6-14-16(7-13)20(15-3-1-2-4-18(15)22)23-8-12-9-24(10-17(12)14)11-19(25)26/h1-7,9-10H,8,11H2,(H,25,26). The summed E-state index contributed by atoms with van der Waals surface area (Å²) in [5.41, 5.74) is 5.41. The minimum atomic E-state index is -0.883. The van der Waals surface area contributed by atoms with E-state index in [4.69, 9.17) is 33.3 Å². The number of benzene rings is 2. The first-order valence-electron chi connectivity index (χ1n) is 8.03. The van der Waals surface area contributed by atoms with Gasteiger partial charge in [-0.2, -0.15) is 0 Å². The van der Waals surface area contributed by atoms with Crippen molar-refractivity contribution < 1.29 is 9.90 Å². The Labute approximate surface area is 160 Å². The summed E-state index contributed by atoms with van der Waals surface area (Å²) in [6, 6.07) is 13.2. The molecule has 0 saturated heterocycles. The molecule has 6 heteroatoms. The molecule has 0 amide bonds. The highest BCUT2D eigenvalue weighted by molar-refractivity contribution is 6.36. The molecular weight excluding hydrogens is 371 g/mol. The molecule has 3 aromatic rings. The summed E-state index contributed by atoms with van der Waals surface area (Å²) in [7, 11) is 0. The summed E-state index contributed by atoms with van der Waals surface area (Å²) in [4.78, 5) is 15.8. The quantitative estimate of drug-likeness (QED) is 0.698. The van der Waals surface area contributed by atoms with Crippen molar-refractivity contribution in [3.05, 3.63) is 81.6 Å². The van der Waals surface area contributed by atoms with Gasteiger partial charge in [0.25, 0.3) is 0 Å². The Morgan fingerprint density at radius 1 is 1.04 bits per heavy atom. The van der Waals surface area contributed by atoms with Crippen LogP contribution >= 0.6 is 23.2 Å². The molecule has 0 radical (unpaired) electrons. The summed E-state index contributed by atoms with van der Waals surface area (Å²) >= 11 is 12.7. The lowest BCUT2D eigenvalue weighted by Gasteiger charge is -2.12. The highest BCUT2D eigenvalue weighted by Crippen LogP contribution is 2.36. The van der Waals surface area contributed by atoms with Crippen LogP contribution in [0.2, 0.25) is 10.0 Å². The number of hydrogen-bond donors (Lipinski definition) is 1. The van der Waals surface area contributed by atoms with Crippen LogP contribution in [0.15, 0.2) is 59.9 Å². The zero-order chi connectivity index (χ0) is 18.3. The lowest BCUT2D eigenvalue weighted by atomic mass is 9.94. The lowest BCUT2D eigenvalue weighted by Crippen LogP contribution is -2.07. The molecule has 1 N–H and O–H groups in total. The summed E-state index contributed by atoms with van der Waals surface area (Å²) in [6.45, 7) is 0.353. The monoisotopic (exact) mass is 384 g/mol. The lowest BCUT2D eigenvalue weighted by molar-refractivity contribution is -0.137. The van der Waals surface area contributed by atoms with Gasteiger partial charge in [-0.25, -0.2) is 0 Å². The molecule has 26 heavy (non-hydrogen) atoms. The van der Waals surface area contributed by atoms with E-state index in [1.807, 2.05) is 54.9 Å². The SMILES string of the molecule is O=C(O)Cn1cc2c(c1)-c1ccc(Cl)cc1C(c1ccccc1Cl)=NC2. The molecule has 0 saturated carbocycles. The second-order valence-corrected chi connectivity index (χ2v) is 6.94. The second-order valence-electron chi connectivity index (χ2n) is 6.10. The summed E-state index contributed by atoms with van der Waals surface area (Å²) in [6.07, 6.45) is 3.68. The van der Waals surface area contributed by atoms with Crippen LogP contribution in [0.5, 0.6) is 0 Å². The van der Waals surface area contributed by atoms with Gasteiger partial charge < -0.3 is 9.67 Å². The first-order chi connectivity index (χ1) is 12.5. The number of fused-ring (bicyclic) bond motifs is 3. The number of carbonyl (C=O) groups is 1. The third-order valence-electron chi connectivity index (χ3n) is 4.34. The Morgan fingerprint density at radius 2 is 1.85 bits per heavy atom. The van der Waals surface area contributed by atoms with Crippen molar-refractivity contribution in [2.75, 3.05) is 0 Å². The van der Waals surface area contributed by atoms with Crippen LogP contribution in [0.4, 0.5) is 0 Å². The molecule has 2 aromatic carbocycles. The molecule has 0 fully saturated rings. The Kier molecular flexibility index (Phi) is 4.31. The fraction of sp³-hybridized carbons (Fsp3) is 0.100. The molecule has 0 spiro atoms. The summed E-state index contributed by atoms with van der Waals surface area (Å²) < 4.78 is 1.67. The number of aliphatic imine (C=N–C) groups is 1. The Balaban J connectivity index is 1.92. The predicted octanol–water partition coefficient (Wildman–Crippen LogP) is 4.90. The normalized spacial score (nSPS) is 12.8. The van der Waals surface area contributed by atoms with Gasteiger partial charge in [0.2, 0.25) is 0 Å². The topological polar surface area (TPSA) is 54.6 Å². The molecule has 130 valence electrons. The van der Waals surface area contributed by atoms with E-state index in [0.29, 0.717) is 16.6 Å². The van der Waals surface area contributed by atoms with E-state index in [-0.39, 0.29) is 6.54 Å². The summed E-state index contributed by atoms with van der Waals surface area (Å²) in [5.74, 6) is -0.883. The molecule has 4 nitrogen and oxygen atoms in total. The van der Waals surface area contributed by atoms with E-state index >= 15 is 0 Å². The zero-order valence-electron chi connectivity index (χ0n) is 13.6. The van der Waals surface area contributed by atoms with Crippen molar-refractivity contribution in [1.29, 1.82) is 0 Å². The molecule has 4 rings (SSSR count). The fourth-order valence-corrected chi connectivity index (χ4v) is 3.65. The molecule has 2 heterocycles. The highest BCUT2D eigenvalue weighted by Gasteiger charge is 2.22. The maximum Gasteiger partial charge on any atom is 0.323 e. The van der Waals surface area contributed by atoms with Crippen molar-refractivity contribution in [3.63, 3.8) is 0 Å². The van der Waals surface area contributed by atoms with Crippen LogP contribution in [0.1, 0.15) is 16.7 Å². The van der Waals surface area contributed by atoms with Crippen LogP contribution < -0.4 is 0 Å². The van der Waals surface area contributed by atoms with Gasteiger partial charge in [-0.1, -0.05) is 47.5 Å². The van der Waals surface area contributed by atoms with E-state index in [1.54, 1.807) is 4.57 Å². The second kappa shape index (κ2) is 6.63. The minimum Gasteiger partial charge on any atom is -0.480 e. The molecular formula is C20H14Cl2N2O2. The molecule has 0 atom stereocenters. The smallest absolute Gasteiger partial charge is 0.323 e. The summed E-state index contributed by atoms with van der Waals surface area (Å²) in [5, 5.41) is 10.3. The van der Waals surface area contributed by atoms with Gasteiger partial charge in [-0.15, -0.1) is 0 Å². The number of aromatic nitrogens is 1. The van der Waals surface area contributed by atoms with E-state index in [1.165, 1.54) is 0 Å². The average Bonchev–Trinajstić information content (AvgIpc) is 2.92. The zero-order valence-corrected chi connectivity index (χ0v) is 15.1. The van der Waals surface area contributed by atoms with Gasteiger partial charge in [0.05, 0.1) is 12.3 Å². The van der Waals surface area contributed by atoms with E-state index < -0.39 is 5.97 Å². The Hall–Kier alpha value is -2.56. The number of aliphatic carboxylic acids is 1. The van der Waals surface area contributed by atoms with Crippen molar-refractivity contribution >= 4 is 34.9 Å². The molecule has 1 aliphatic rings. The van der Waals surface area contributed by atoms with Crippen LogP contribution in [-0.4, -0.2) is 21.4 Å². The van der Waals surface area contributed by atoms with Gasteiger partial charge in [-0.05, 0) is 29.3 Å². The number of rotatable bonds is 3. The number of halogens is 2. The van der Waals surface area contributed by atoms with Gasteiger partial charge in [0.1, 0.15) is 6.54 Å². The van der Waals surface area contributed by atoms with E-state index in [2.05, 4.69) is 0 Å². The fourth-order valence-electron chi connectivity index (χ4n) is 3.25. The number of carboxylic acids is 1. The van der Waals surface area contributed by atoms with Gasteiger partial charge in [0, 0.05) is 39.1 Å². The molecule has 1 aliphatic heterocycles. The average molecular weight is 385 g/mol. The molecule has 0 unspecified atom stereocenters. The molecule has 0 bridgehead atoms. The molecule has 1 aromatic heterocycles. The van der Waals surface area contributed by atoms with Crippen LogP contribution in [0.3, 0.4) is 0 Å². The van der Waals surface area contributed by atoms with Crippen molar-refractivity contribution in [2.24, 2.45) is 4.99 Å². The van der Waals surface area contributed by atoms with Gasteiger partial charge in [0.15, 0.2) is 0 Å². The number of hydrogen-bond acceptors (Lipinski definition) is 2. The van der Waals surface area contributed by atoms with E-state index in [0.717, 1.165) is 33.5 Å². The van der Waals surface area contributed by atoms with Crippen LogP contribution in [0.25, 0.3) is 11.1 Å². The highest BCUT2D eigenvalue weighted by atomic mass is 35.5. The van der Waals surface area contributed by atoms with Crippen molar-refractivity contribution in [2.45, 2.75) is 13.1 Å². The Bertz CT molecular complexity index is 1050. The maximum atomic E-state index is 11.0. The predicted molar refractivity (Wildman–Crippen MR) is 103 cm³/mol. The van der Waals surface area contributed by atoms with E-state index in [9.17, 15) is 4.79 Å².